The van der Waals surface area contributed by atoms with Crippen LogP contribution in [0.15, 0.2) is 28.7 Å². The van der Waals surface area contributed by atoms with Crippen LogP contribution in [0.1, 0.15) is 25.8 Å². The highest BCUT2D eigenvalue weighted by atomic mass is 79.9. The molecule has 4 nitrogen and oxygen atoms in total. The van der Waals surface area contributed by atoms with E-state index in [4.69, 9.17) is 9.47 Å². The number of rotatable bonds is 5. The number of esters is 2. The Hall–Kier alpha value is -1.36. The minimum Gasteiger partial charge on any atom is -0.466 e. The van der Waals surface area contributed by atoms with Gasteiger partial charge in [-0.3, -0.25) is 9.59 Å². The van der Waals surface area contributed by atoms with Crippen molar-refractivity contribution in [1.82, 2.24) is 0 Å². The number of carbonyl (C=O) groups is 2. The maximum atomic E-state index is 12.3. The average molecular weight is 341 g/mol. The quantitative estimate of drug-likeness (QED) is 0.773. The zero-order valence-corrected chi connectivity index (χ0v) is 13.1. The first kappa shape index (κ1) is 15.0. The summed E-state index contributed by atoms with van der Waals surface area (Å²) in [5, 5.41) is 0. The molecule has 0 spiro atoms. The van der Waals surface area contributed by atoms with Crippen LogP contribution in [0.5, 0.6) is 0 Å². The summed E-state index contributed by atoms with van der Waals surface area (Å²) in [7, 11) is 0. The molecule has 0 N–H and O–H groups in total. The van der Waals surface area contributed by atoms with E-state index in [1.165, 1.54) is 0 Å². The molecule has 0 amide bonds. The molecule has 0 bridgehead atoms. The molecule has 0 radical (unpaired) electrons. The molecule has 2 atom stereocenters. The van der Waals surface area contributed by atoms with Crippen LogP contribution in [0.25, 0.3) is 0 Å². The van der Waals surface area contributed by atoms with Crippen LogP contribution in [0, 0.1) is 5.92 Å². The third-order valence-electron chi connectivity index (χ3n) is 3.51. The van der Waals surface area contributed by atoms with Crippen LogP contribution in [0.3, 0.4) is 0 Å². The first-order chi connectivity index (χ1) is 9.56. The highest BCUT2D eigenvalue weighted by molar-refractivity contribution is 9.10. The van der Waals surface area contributed by atoms with Gasteiger partial charge in [-0.1, -0.05) is 28.1 Å². The van der Waals surface area contributed by atoms with Gasteiger partial charge in [0, 0.05) is 4.47 Å². The van der Waals surface area contributed by atoms with E-state index in [9.17, 15) is 9.59 Å². The van der Waals surface area contributed by atoms with Gasteiger partial charge >= 0.3 is 11.9 Å². The molecule has 0 aliphatic heterocycles. The van der Waals surface area contributed by atoms with Crippen LogP contribution >= 0.6 is 15.9 Å². The molecule has 0 aromatic heterocycles. The highest BCUT2D eigenvalue weighted by Gasteiger charge is 2.66. The molecule has 1 fully saturated rings. The lowest BCUT2D eigenvalue weighted by molar-refractivity contribution is -0.152. The number of carbonyl (C=O) groups excluding carboxylic acids is 2. The highest BCUT2D eigenvalue weighted by Crippen LogP contribution is 2.56. The monoisotopic (exact) mass is 340 g/mol. The third-order valence-corrected chi connectivity index (χ3v) is 4.00. The minimum atomic E-state index is -0.883. The fourth-order valence-electron chi connectivity index (χ4n) is 2.48. The summed E-state index contributed by atoms with van der Waals surface area (Å²) in [6.45, 7) is 4.12. The third kappa shape index (κ3) is 2.59. The van der Waals surface area contributed by atoms with Gasteiger partial charge in [-0.2, -0.15) is 0 Å². The van der Waals surface area contributed by atoms with Gasteiger partial charge in [0.15, 0.2) is 0 Å². The molecular weight excluding hydrogens is 324 g/mol. The van der Waals surface area contributed by atoms with Crippen LogP contribution in [0.4, 0.5) is 0 Å². The molecule has 1 aromatic rings. The lowest BCUT2D eigenvalue weighted by Crippen LogP contribution is -2.28. The number of hydrogen-bond donors (Lipinski definition) is 0. The summed E-state index contributed by atoms with van der Waals surface area (Å²) in [4.78, 5) is 24.3. The van der Waals surface area contributed by atoms with Crippen molar-refractivity contribution in [1.29, 1.82) is 0 Å². The number of hydrogen-bond acceptors (Lipinski definition) is 4. The van der Waals surface area contributed by atoms with Crippen molar-refractivity contribution in [3.63, 3.8) is 0 Å². The van der Waals surface area contributed by atoms with Gasteiger partial charge in [0.1, 0.15) is 5.41 Å². The maximum absolute atomic E-state index is 12.3. The first-order valence-electron chi connectivity index (χ1n) is 6.66. The Bertz CT molecular complexity index is 528. The van der Waals surface area contributed by atoms with Gasteiger partial charge in [0.25, 0.3) is 0 Å². The molecule has 0 heterocycles. The predicted molar refractivity (Wildman–Crippen MR) is 77.2 cm³/mol. The molecule has 0 saturated heterocycles. The molecule has 1 aromatic carbocycles. The van der Waals surface area contributed by atoms with E-state index < -0.39 is 11.3 Å². The Labute approximate surface area is 126 Å². The fourth-order valence-corrected chi connectivity index (χ4v) is 2.88. The van der Waals surface area contributed by atoms with Gasteiger partial charge in [-0.15, -0.1) is 0 Å². The lowest BCUT2D eigenvalue weighted by atomic mass is 9.93. The molecule has 1 aliphatic carbocycles. The molecule has 5 heteroatoms. The van der Waals surface area contributed by atoms with Gasteiger partial charge in [0.2, 0.25) is 0 Å². The van der Waals surface area contributed by atoms with Crippen LogP contribution in [-0.4, -0.2) is 25.2 Å². The molecule has 1 aliphatic rings. The second kappa shape index (κ2) is 5.95. The Kier molecular flexibility index (Phi) is 4.48. The Morgan fingerprint density at radius 1 is 1.30 bits per heavy atom. The summed E-state index contributed by atoms with van der Waals surface area (Å²) in [5.41, 5.74) is -0.0881. The number of ether oxygens (including phenoxy) is 2. The van der Waals surface area contributed by atoms with E-state index in [0.717, 1.165) is 10.0 Å². The van der Waals surface area contributed by atoms with Crippen molar-refractivity contribution in [3.8, 4) is 0 Å². The van der Waals surface area contributed by atoms with E-state index >= 15 is 0 Å². The zero-order chi connectivity index (χ0) is 14.8. The van der Waals surface area contributed by atoms with Crippen LogP contribution in [-0.2, 0) is 24.5 Å². The Morgan fingerprint density at radius 2 is 2.00 bits per heavy atom. The van der Waals surface area contributed by atoms with Gasteiger partial charge < -0.3 is 9.47 Å². The average Bonchev–Trinajstić information content (AvgIpc) is 3.16. The second-order valence-electron chi connectivity index (χ2n) is 4.71. The Morgan fingerprint density at radius 3 is 2.60 bits per heavy atom. The Balaban J connectivity index is 2.33. The van der Waals surface area contributed by atoms with Crippen LogP contribution in [0.2, 0.25) is 0 Å². The zero-order valence-electron chi connectivity index (χ0n) is 11.5. The van der Waals surface area contributed by atoms with E-state index in [1.807, 2.05) is 24.3 Å². The smallest absolute Gasteiger partial charge is 0.317 e. The first-order valence-corrected chi connectivity index (χ1v) is 7.45. The van der Waals surface area contributed by atoms with Gasteiger partial charge in [0.05, 0.1) is 19.1 Å². The van der Waals surface area contributed by atoms with Crippen molar-refractivity contribution in [2.24, 2.45) is 5.92 Å². The minimum absolute atomic E-state index is 0.296. The molecule has 108 valence electrons. The normalized spacial score (nSPS) is 24.1. The predicted octanol–water partition coefficient (Wildman–Crippen LogP) is 2.83. The second-order valence-corrected chi connectivity index (χ2v) is 5.63. The van der Waals surface area contributed by atoms with Gasteiger partial charge in [-0.05, 0) is 38.0 Å². The van der Waals surface area contributed by atoms with Crippen molar-refractivity contribution >= 4 is 27.9 Å². The fraction of sp³-hybridized carbons (Fsp3) is 0.467. The molecular formula is C15H17BrO4. The van der Waals surface area contributed by atoms with E-state index in [0.29, 0.717) is 19.6 Å². The summed E-state index contributed by atoms with van der Waals surface area (Å²) in [6.07, 6.45) is 0.446. The van der Waals surface area contributed by atoms with Crippen molar-refractivity contribution in [2.45, 2.75) is 25.7 Å². The summed E-state index contributed by atoms with van der Waals surface area (Å²) in [5.74, 6) is -1.13. The lowest BCUT2D eigenvalue weighted by Gasteiger charge is -2.16. The van der Waals surface area contributed by atoms with E-state index in [1.54, 1.807) is 13.8 Å². The number of halogens is 1. The topological polar surface area (TPSA) is 52.6 Å². The summed E-state index contributed by atoms with van der Waals surface area (Å²) < 4.78 is 11.1. The molecule has 2 rings (SSSR count). The summed E-state index contributed by atoms with van der Waals surface area (Å²) in [6, 6.07) is 7.43. The molecule has 0 unspecified atom stereocenters. The largest absolute Gasteiger partial charge is 0.466 e. The maximum Gasteiger partial charge on any atom is 0.317 e. The van der Waals surface area contributed by atoms with Gasteiger partial charge in [-0.25, -0.2) is 0 Å². The van der Waals surface area contributed by atoms with E-state index in [2.05, 4.69) is 15.9 Å². The molecule has 1 saturated carbocycles. The van der Waals surface area contributed by atoms with E-state index in [-0.39, 0.29) is 11.9 Å². The standard InChI is InChI=1S/C15H17BrO4/c1-3-19-13(17)12-9-15(12,14(18)20-4-2)10-6-5-7-11(16)8-10/h5-8,12H,3-4,9H2,1-2H3/t12-,15-/m0/s1. The number of benzene rings is 1. The van der Waals surface area contributed by atoms with Crippen molar-refractivity contribution < 1.29 is 19.1 Å². The van der Waals surface area contributed by atoms with Crippen LogP contribution < -0.4 is 0 Å². The van der Waals surface area contributed by atoms with Crippen molar-refractivity contribution in [3.05, 3.63) is 34.3 Å². The van der Waals surface area contributed by atoms with Crippen molar-refractivity contribution in [2.75, 3.05) is 13.2 Å². The summed E-state index contributed by atoms with van der Waals surface area (Å²) >= 11 is 3.39. The SMILES string of the molecule is CCOC(=O)[C@@H]1C[C@]1(C(=O)OCC)c1cccc(Br)c1. The molecule has 20 heavy (non-hydrogen) atoms.